The van der Waals surface area contributed by atoms with Gasteiger partial charge in [0.25, 0.3) is 0 Å². The van der Waals surface area contributed by atoms with Crippen molar-refractivity contribution in [3.05, 3.63) is 46.8 Å². The van der Waals surface area contributed by atoms with Crippen LogP contribution in [-0.4, -0.2) is 53.3 Å². The molecule has 0 saturated carbocycles. The Kier molecular flexibility index (Phi) is 7.42. The monoisotopic (exact) mass is 400 g/mol. The summed E-state index contributed by atoms with van der Waals surface area (Å²) in [6.07, 6.45) is 3.02. The summed E-state index contributed by atoms with van der Waals surface area (Å²) in [5, 5.41) is 3.87. The number of hydrogen-bond acceptors (Lipinski definition) is 6. The zero-order chi connectivity index (χ0) is 19.9. The Balaban J connectivity index is 1.61. The highest BCUT2D eigenvalue weighted by Gasteiger charge is 2.15. The zero-order valence-corrected chi connectivity index (χ0v) is 17.6. The molecule has 0 spiro atoms. The molecule has 1 saturated heterocycles. The molecule has 7 heteroatoms. The van der Waals surface area contributed by atoms with Crippen molar-refractivity contribution in [2.45, 2.75) is 38.4 Å². The summed E-state index contributed by atoms with van der Waals surface area (Å²) in [6, 6.07) is 8.03. The Morgan fingerprint density at radius 1 is 1.18 bits per heavy atom. The number of para-hydroxylation sites is 1. The summed E-state index contributed by atoms with van der Waals surface area (Å²) in [5.41, 5.74) is 5.00. The number of carbonyl (C=O) groups is 1. The normalized spacial score (nSPS) is 14.8. The number of benzene rings is 1. The summed E-state index contributed by atoms with van der Waals surface area (Å²) >= 11 is 1.53. The van der Waals surface area contributed by atoms with Crippen LogP contribution >= 0.6 is 11.8 Å². The summed E-state index contributed by atoms with van der Waals surface area (Å²) in [6.45, 7) is 8.18. The molecule has 1 N–H and O–H groups in total. The topological polar surface area (TPSA) is 67.4 Å². The molecular formula is C21H28N4O2S. The molecule has 1 aliphatic rings. The molecule has 150 valence electrons. The van der Waals surface area contributed by atoms with E-state index in [4.69, 9.17) is 4.74 Å². The van der Waals surface area contributed by atoms with E-state index < -0.39 is 0 Å². The molecule has 0 aliphatic carbocycles. The lowest BCUT2D eigenvalue weighted by molar-refractivity contribution is -0.116. The van der Waals surface area contributed by atoms with Gasteiger partial charge in [-0.15, -0.1) is 0 Å². The number of aryl methyl sites for hydroxylation is 2. The van der Waals surface area contributed by atoms with Crippen LogP contribution in [-0.2, 0) is 22.5 Å². The van der Waals surface area contributed by atoms with E-state index in [-0.39, 0.29) is 5.91 Å². The molecule has 1 fully saturated rings. The number of thioether (sulfide) groups is 1. The number of nitrogens with one attached hydrogen (secondary N) is 1. The number of hydrogen-bond donors (Lipinski definition) is 1. The smallest absolute Gasteiger partial charge is 0.224 e. The van der Waals surface area contributed by atoms with Crippen molar-refractivity contribution in [1.82, 2.24) is 14.9 Å². The number of anilines is 1. The van der Waals surface area contributed by atoms with Crippen molar-refractivity contribution in [1.29, 1.82) is 0 Å². The lowest BCUT2D eigenvalue weighted by Gasteiger charge is -2.27. The minimum Gasteiger partial charge on any atom is -0.379 e. The van der Waals surface area contributed by atoms with Gasteiger partial charge in [0.1, 0.15) is 0 Å². The van der Waals surface area contributed by atoms with Crippen molar-refractivity contribution >= 4 is 23.4 Å². The second-order valence-electron chi connectivity index (χ2n) is 6.95. The van der Waals surface area contributed by atoms with Gasteiger partial charge in [-0.1, -0.05) is 30.0 Å². The van der Waals surface area contributed by atoms with Crippen molar-refractivity contribution in [2.24, 2.45) is 0 Å². The third kappa shape index (κ3) is 5.53. The number of amides is 1. The van der Waals surface area contributed by atoms with Gasteiger partial charge in [-0.3, -0.25) is 9.69 Å². The molecule has 0 unspecified atom stereocenters. The van der Waals surface area contributed by atoms with Gasteiger partial charge in [-0.2, -0.15) is 0 Å². The predicted molar refractivity (Wildman–Crippen MR) is 113 cm³/mol. The summed E-state index contributed by atoms with van der Waals surface area (Å²) in [4.78, 5) is 23.9. The van der Waals surface area contributed by atoms with E-state index in [1.807, 2.05) is 38.3 Å². The fourth-order valence-corrected chi connectivity index (χ4v) is 3.85. The Morgan fingerprint density at radius 3 is 2.54 bits per heavy atom. The Morgan fingerprint density at radius 2 is 1.86 bits per heavy atom. The number of ether oxygens (including phenoxy) is 1. The van der Waals surface area contributed by atoms with Gasteiger partial charge in [0.15, 0.2) is 5.16 Å². The summed E-state index contributed by atoms with van der Waals surface area (Å²) in [5.74, 6) is 0.0159. The van der Waals surface area contributed by atoms with Crippen LogP contribution in [0.2, 0.25) is 0 Å². The minimum atomic E-state index is 0.0159. The molecule has 0 radical (unpaired) electrons. The molecule has 1 aromatic carbocycles. The van der Waals surface area contributed by atoms with E-state index in [2.05, 4.69) is 26.3 Å². The van der Waals surface area contributed by atoms with Crippen LogP contribution < -0.4 is 5.32 Å². The van der Waals surface area contributed by atoms with Crippen molar-refractivity contribution < 1.29 is 9.53 Å². The first kappa shape index (κ1) is 20.8. The maximum atomic E-state index is 12.6. The molecule has 3 rings (SSSR count). The minimum absolute atomic E-state index is 0.0159. The molecule has 0 atom stereocenters. The van der Waals surface area contributed by atoms with Crippen LogP contribution in [0, 0.1) is 13.8 Å². The average Bonchev–Trinajstić information content (AvgIpc) is 2.69. The Hall–Kier alpha value is -1.96. The standard InChI is InChI=1S/C21H28N4O2S/c1-15-18(16(2)23-21(22-15)28-3)8-9-20(26)24-19-7-5-4-6-17(19)14-25-10-12-27-13-11-25/h4-7H,8-14H2,1-3H3,(H,24,26). The van der Waals surface area contributed by atoms with E-state index >= 15 is 0 Å². The first-order valence-electron chi connectivity index (χ1n) is 9.62. The molecule has 6 nitrogen and oxygen atoms in total. The number of rotatable bonds is 7. The average molecular weight is 401 g/mol. The van der Waals surface area contributed by atoms with Crippen molar-refractivity contribution in [2.75, 3.05) is 37.9 Å². The quantitative estimate of drug-likeness (QED) is 0.569. The molecule has 2 heterocycles. The van der Waals surface area contributed by atoms with Gasteiger partial charge in [0.2, 0.25) is 5.91 Å². The third-order valence-corrected chi connectivity index (χ3v) is 5.52. The van der Waals surface area contributed by atoms with Crippen LogP contribution in [0.3, 0.4) is 0 Å². The van der Waals surface area contributed by atoms with E-state index in [1.54, 1.807) is 0 Å². The first-order chi connectivity index (χ1) is 13.6. The van der Waals surface area contributed by atoms with Gasteiger partial charge in [-0.25, -0.2) is 9.97 Å². The molecule has 28 heavy (non-hydrogen) atoms. The van der Waals surface area contributed by atoms with Gasteiger partial charge < -0.3 is 10.1 Å². The van der Waals surface area contributed by atoms with Crippen LogP contribution in [0.5, 0.6) is 0 Å². The lowest BCUT2D eigenvalue weighted by Crippen LogP contribution is -2.35. The highest BCUT2D eigenvalue weighted by Crippen LogP contribution is 2.20. The number of aromatic nitrogens is 2. The van der Waals surface area contributed by atoms with E-state index in [0.717, 1.165) is 66.2 Å². The van der Waals surface area contributed by atoms with Crippen molar-refractivity contribution in [3.8, 4) is 0 Å². The molecule has 0 bridgehead atoms. The fourth-order valence-electron chi connectivity index (χ4n) is 3.39. The number of nitrogens with zero attached hydrogens (tertiary/aromatic N) is 3. The highest BCUT2D eigenvalue weighted by molar-refractivity contribution is 7.98. The lowest BCUT2D eigenvalue weighted by atomic mass is 10.1. The second-order valence-corrected chi connectivity index (χ2v) is 7.73. The summed E-state index contributed by atoms with van der Waals surface area (Å²) in [7, 11) is 0. The summed E-state index contributed by atoms with van der Waals surface area (Å²) < 4.78 is 5.42. The number of morpholine rings is 1. The van der Waals surface area contributed by atoms with E-state index in [9.17, 15) is 4.79 Å². The van der Waals surface area contributed by atoms with E-state index in [1.165, 1.54) is 11.8 Å². The maximum absolute atomic E-state index is 12.6. The molecular weight excluding hydrogens is 372 g/mol. The van der Waals surface area contributed by atoms with Gasteiger partial charge in [0, 0.05) is 43.1 Å². The molecule has 1 aromatic heterocycles. The largest absolute Gasteiger partial charge is 0.379 e. The predicted octanol–water partition coefficient (Wildman–Crippen LogP) is 3.22. The second kappa shape index (κ2) is 10.0. The van der Waals surface area contributed by atoms with Gasteiger partial charge in [-0.05, 0) is 43.7 Å². The SMILES string of the molecule is CSc1nc(C)c(CCC(=O)Nc2ccccc2CN2CCOCC2)c(C)n1. The van der Waals surface area contributed by atoms with Crippen LogP contribution in [0.25, 0.3) is 0 Å². The van der Waals surface area contributed by atoms with Crippen LogP contribution in [0.1, 0.15) is 28.9 Å². The Bertz CT molecular complexity index is 799. The maximum Gasteiger partial charge on any atom is 0.224 e. The number of carbonyl (C=O) groups excluding carboxylic acids is 1. The molecule has 1 aliphatic heterocycles. The van der Waals surface area contributed by atoms with Crippen LogP contribution in [0.4, 0.5) is 5.69 Å². The van der Waals surface area contributed by atoms with E-state index in [0.29, 0.717) is 12.8 Å². The van der Waals surface area contributed by atoms with Gasteiger partial charge >= 0.3 is 0 Å². The van der Waals surface area contributed by atoms with Crippen molar-refractivity contribution in [3.63, 3.8) is 0 Å². The fraction of sp³-hybridized carbons (Fsp3) is 0.476. The zero-order valence-electron chi connectivity index (χ0n) is 16.8. The van der Waals surface area contributed by atoms with Gasteiger partial charge in [0.05, 0.1) is 13.2 Å². The molecule has 1 amide bonds. The Labute approximate surface area is 171 Å². The first-order valence-corrected chi connectivity index (χ1v) is 10.8. The third-order valence-electron chi connectivity index (χ3n) is 4.97. The highest BCUT2D eigenvalue weighted by atomic mass is 32.2. The van der Waals surface area contributed by atoms with Crippen LogP contribution in [0.15, 0.2) is 29.4 Å². The molecule has 2 aromatic rings.